The van der Waals surface area contributed by atoms with Crippen LogP contribution in [0.25, 0.3) is 11.0 Å². The van der Waals surface area contributed by atoms with Crippen LogP contribution in [0, 0.1) is 0 Å². The molecule has 4 rings (SSSR count). The van der Waals surface area contributed by atoms with Gasteiger partial charge in [0.2, 0.25) is 5.91 Å². The van der Waals surface area contributed by atoms with Gasteiger partial charge >= 0.3 is 0 Å². The standard InChI is InChI=1S/C27H34N4O3/c1-3-29-19-28-24-16-22(11-12-25(24)29)27(34)30-13-7-5-4-6-8-14-31(20(2)33)26-15-21(18-32)9-10-23(26)17-30/h9-12,15-16,19,32H,3-8,13-14,17-18H2,1-2H3. The van der Waals surface area contributed by atoms with Gasteiger partial charge in [0.05, 0.1) is 24.0 Å². The van der Waals surface area contributed by atoms with Crippen molar-refractivity contribution in [1.82, 2.24) is 14.5 Å². The molecule has 1 aliphatic heterocycles. The number of benzene rings is 2. The van der Waals surface area contributed by atoms with Gasteiger partial charge < -0.3 is 19.5 Å². The van der Waals surface area contributed by atoms with Gasteiger partial charge in [0.15, 0.2) is 0 Å². The van der Waals surface area contributed by atoms with Crippen molar-refractivity contribution in [2.24, 2.45) is 0 Å². The fourth-order valence-corrected chi connectivity index (χ4v) is 4.73. The van der Waals surface area contributed by atoms with Crippen molar-refractivity contribution >= 4 is 28.5 Å². The predicted molar refractivity (Wildman–Crippen MR) is 134 cm³/mol. The zero-order chi connectivity index (χ0) is 24.1. The Morgan fingerprint density at radius 3 is 2.50 bits per heavy atom. The largest absolute Gasteiger partial charge is 0.392 e. The van der Waals surface area contributed by atoms with Gasteiger partial charge in [-0.3, -0.25) is 9.59 Å². The number of aliphatic hydroxyl groups excluding tert-OH is 1. The van der Waals surface area contributed by atoms with Crippen LogP contribution < -0.4 is 4.90 Å². The lowest BCUT2D eigenvalue weighted by molar-refractivity contribution is -0.116. The van der Waals surface area contributed by atoms with Gasteiger partial charge in [0.25, 0.3) is 5.91 Å². The van der Waals surface area contributed by atoms with Crippen molar-refractivity contribution in [2.45, 2.75) is 65.6 Å². The lowest BCUT2D eigenvalue weighted by atomic mass is 10.0. The summed E-state index contributed by atoms with van der Waals surface area (Å²) in [6.45, 7) is 6.09. The molecule has 0 saturated heterocycles. The van der Waals surface area contributed by atoms with Crippen LogP contribution in [-0.4, -0.2) is 44.5 Å². The van der Waals surface area contributed by atoms with Gasteiger partial charge in [-0.05, 0) is 55.2 Å². The fourth-order valence-electron chi connectivity index (χ4n) is 4.73. The lowest BCUT2D eigenvalue weighted by Gasteiger charge is -2.29. The monoisotopic (exact) mass is 462 g/mol. The first-order valence-corrected chi connectivity index (χ1v) is 12.3. The van der Waals surface area contributed by atoms with Crippen LogP contribution in [-0.2, 0) is 24.5 Å². The topological polar surface area (TPSA) is 78.7 Å². The third-order valence-corrected chi connectivity index (χ3v) is 6.67. The molecular formula is C27H34N4O3. The number of hydrogen-bond acceptors (Lipinski definition) is 4. The number of aromatic nitrogens is 2. The third-order valence-electron chi connectivity index (χ3n) is 6.67. The summed E-state index contributed by atoms with van der Waals surface area (Å²) in [6, 6.07) is 11.4. The average Bonchev–Trinajstić information content (AvgIpc) is 3.26. The summed E-state index contributed by atoms with van der Waals surface area (Å²) >= 11 is 0. The molecule has 0 radical (unpaired) electrons. The smallest absolute Gasteiger partial charge is 0.254 e. The normalized spacial score (nSPS) is 15.5. The van der Waals surface area contributed by atoms with Gasteiger partial charge in [-0.2, -0.15) is 0 Å². The Morgan fingerprint density at radius 1 is 1.00 bits per heavy atom. The average molecular weight is 463 g/mol. The molecule has 180 valence electrons. The molecule has 0 fully saturated rings. The van der Waals surface area contributed by atoms with Crippen LogP contribution in [0.3, 0.4) is 0 Å². The Hall–Kier alpha value is -3.19. The number of anilines is 1. The van der Waals surface area contributed by atoms with Crippen LogP contribution in [0.1, 0.15) is 67.4 Å². The number of carbonyl (C=O) groups is 2. The van der Waals surface area contributed by atoms with Crippen LogP contribution in [0.5, 0.6) is 0 Å². The van der Waals surface area contributed by atoms with E-state index < -0.39 is 0 Å². The van der Waals surface area contributed by atoms with E-state index in [0.717, 1.165) is 66.5 Å². The second-order valence-corrected chi connectivity index (χ2v) is 9.02. The number of carbonyl (C=O) groups excluding carboxylic acids is 2. The summed E-state index contributed by atoms with van der Waals surface area (Å²) in [4.78, 5) is 34.3. The minimum Gasteiger partial charge on any atom is -0.392 e. The van der Waals surface area contributed by atoms with E-state index in [-0.39, 0.29) is 18.4 Å². The van der Waals surface area contributed by atoms with E-state index in [1.54, 1.807) is 18.2 Å². The molecule has 1 N–H and O–H groups in total. The van der Waals surface area contributed by atoms with Crippen molar-refractivity contribution in [3.05, 3.63) is 59.4 Å². The maximum Gasteiger partial charge on any atom is 0.254 e. The SMILES string of the molecule is CCn1cnc2cc(C(=O)N3CCCCCCCN(C(C)=O)c4cc(CO)ccc4C3)ccc21. The zero-order valence-electron chi connectivity index (χ0n) is 20.2. The van der Waals surface area contributed by atoms with Gasteiger partial charge in [-0.15, -0.1) is 0 Å². The molecule has 0 spiro atoms. The quantitative estimate of drug-likeness (QED) is 0.621. The van der Waals surface area contributed by atoms with Gasteiger partial charge in [0.1, 0.15) is 0 Å². The van der Waals surface area contributed by atoms with Crippen LogP contribution in [0.2, 0.25) is 0 Å². The first-order valence-electron chi connectivity index (χ1n) is 12.3. The maximum atomic E-state index is 13.7. The van der Waals surface area contributed by atoms with Crippen molar-refractivity contribution in [2.75, 3.05) is 18.0 Å². The number of rotatable bonds is 3. The number of nitrogens with zero attached hydrogens (tertiary/aromatic N) is 4. The molecule has 2 aromatic carbocycles. The number of fused-ring (bicyclic) bond motifs is 2. The Kier molecular flexibility index (Phi) is 7.63. The molecule has 0 aliphatic carbocycles. The Balaban J connectivity index is 1.70. The first kappa shape index (κ1) is 24.0. The van der Waals surface area contributed by atoms with Crippen LogP contribution in [0.15, 0.2) is 42.7 Å². The minimum absolute atomic E-state index is 0.0248. The number of amides is 2. The molecule has 2 amide bonds. The van der Waals surface area contributed by atoms with Crippen LogP contribution >= 0.6 is 0 Å². The summed E-state index contributed by atoms with van der Waals surface area (Å²) in [6.07, 6.45) is 6.87. The number of aliphatic hydroxyl groups is 1. The Bertz CT molecular complexity index is 1170. The second-order valence-electron chi connectivity index (χ2n) is 9.02. The van der Waals surface area contributed by atoms with Crippen molar-refractivity contribution in [1.29, 1.82) is 0 Å². The number of imidazole rings is 1. The molecular weight excluding hydrogens is 428 g/mol. The Morgan fingerprint density at radius 2 is 1.76 bits per heavy atom. The highest BCUT2D eigenvalue weighted by molar-refractivity contribution is 5.97. The van der Waals surface area contributed by atoms with E-state index in [9.17, 15) is 14.7 Å². The maximum absolute atomic E-state index is 13.7. The van der Waals surface area contributed by atoms with E-state index in [4.69, 9.17) is 0 Å². The van der Waals surface area contributed by atoms with E-state index >= 15 is 0 Å². The summed E-state index contributed by atoms with van der Waals surface area (Å²) in [5.41, 5.74) is 4.92. The highest BCUT2D eigenvalue weighted by Gasteiger charge is 2.22. The summed E-state index contributed by atoms with van der Waals surface area (Å²) in [7, 11) is 0. The third kappa shape index (κ3) is 5.14. The summed E-state index contributed by atoms with van der Waals surface area (Å²) in [5, 5.41) is 9.69. The van der Waals surface area contributed by atoms with E-state index in [2.05, 4.69) is 16.5 Å². The van der Waals surface area contributed by atoms with Gasteiger partial charge in [0, 0.05) is 44.4 Å². The van der Waals surface area contributed by atoms with Crippen molar-refractivity contribution in [3.63, 3.8) is 0 Å². The molecule has 34 heavy (non-hydrogen) atoms. The summed E-state index contributed by atoms with van der Waals surface area (Å²) < 4.78 is 2.06. The molecule has 3 aromatic rings. The Labute approximate surface area is 201 Å². The molecule has 0 atom stereocenters. The first-order chi connectivity index (χ1) is 16.5. The number of aryl methyl sites for hydroxylation is 1. The second kappa shape index (κ2) is 10.8. The fraction of sp³-hybridized carbons (Fsp3) is 0.444. The molecule has 7 heteroatoms. The molecule has 0 bridgehead atoms. The highest BCUT2D eigenvalue weighted by Crippen LogP contribution is 2.27. The van der Waals surface area contributed by atoms with Crippen molar-refractivity contribution < 1.29 is 14.7 Å². The molecule has 0 saturated carbocycles. The lowest BCUT2D eigenvalue weighted by Crippen LogP contribution is -2.35. The molecule has 2 heterocycles. The van der Waals surface area contributed by atoms with E-state index in [1.807, 2.05) is 41.3 Å². The molecule has 1 aromatic heterocycles. The molecule has 1 aliphatic rings. The zero-order valence-corrected chi connectivity index (χ0v) is 20.2. The van der Waals surface area contributed by atoms with Crippen LogP contribution in [0.4, 0.5) is 5.69 Å². The predicted octanol–water partition coefficient (Wildman–Crippen LogP) is 4.51. The highest BCUT2D eigenvalue weighted by atomic mass is 16.3. The minimum atomic E-state index is -0.0912. The van der Waals surface area contributed by atoms with E-state index in [0.29, 0.717) is 25.2 Å². The molecule has 0 unspecified atom stereocenters. The van der Waals surface area contributed by atoms with Crippen molar-refractivity contribution in [3.8, 4) is 0 Å². The van der Waals surface area contributed by atoms with E-state index in [1.165, 1.54) is 0 Å². The van der Waals surface area contributed by atoms with Gasteiger partial charge in [-0.25, -0.2) is 4.98 Å². The molecule has 7 nitrogen and oxygen atoms in total. The van der Waals surface area contributed by atoms with Gasteiger partial charge in [-0.1, -0.05) is 31.4 Å². The number of hydrogen-bond donors (Lipinski definition) is 1. The summed E-state index contributed by atoms with van der Waals surface area (Å²) in [5.74, 6) is -0.0557.